The molecule has 0 bridgehead atoms. The molecule has 0 spiro atoms. The molecule has 0 saturated carbocycles. The fraction of sp³-hybridized carbons (Fsp3) is 0.125. The molecule has 0 amide bonds. The van der Waals surface area contributed by atoms with E-state index in [1.807, 2.05) is 12.1 Å². The first-order valence-corrected chi connectivity index (χ1v) is 5.08. The molecule has 0 N–H and O–H groups in total. The lowest BCUT2D eigenvalue weighted by Gasteiger charge is -2.10. The van der Waals surface area contributed by atoms with E-state index in [2.05, 4.69) is 4.40 Å². The highest BCUT2D eigenvalue weighted by molar-refractivity contribution is 7.99. The summed E-state index contributed by atoms with van der Waals surface area (Å²) >= 11 is 0. The van der Waals surface area contributed by atoms with Gasteiger partial charge in [0.25, 0.3) is 10.0 Å². The van der Waals surface area contributed by atoms with E-state index in [4.69, 9.17) is 0 Å². The number of hydrogen-bond acceptors (Lipinski definition) is 2. The molecule has 1 aromatic carbocycles. The highest BCUT2D eigenvalue weighted by Crippen LogP contribution is 2.22. The maximum Gasteiger partial charge on any atom is 0.280 e. The molecule has 0 saturated heterocycles. The molecule has 1 aliphatic heterocycles. The topological polar surface area (TPSA) is 46.5 Å². The average Bonchev–Trinajstić information content (AvgIpc) is 2.13. The lowest BCUT2D eigenvalue weighted by molar-refractivity contribution is 0.606. The molecule has 0 radical (unpaired) electrons. The van der Waals surface area contributed by atoms with Gasteiger partial charge in [0, 0.05) is 11.6 Å². The summed E-state index contributed by atoms with van der Waals surface area (Å²) in [5, 5.41) is 1.48. The third-order valence-electron chi connectivity index (χ3n) is 2.29. The van der Waals surface area contributed by atoms with Crippen molar-refractivity contribution in [1.29, 1.82) is 0 Å². The third kappa shape index (κ3) is 0.536. The Bertz CT molecular complexity index is 598. The highest BCUT2D eigenvalue weighted by atomic mass is 32.2. The average molecular weight is 179 g/mol. The predicted molar refractivity (Wildman–Crippen MR) is 43.3 cm³/mol. The summed E-state index contributed by atoms with van der Waals surface area (Å²) in [6, 6.07) is 5.52. The predicted octanol–water partition coefficient (Wildman–Crippen LogP) is -0.686. The lowest BCUT2D eigenvalue weighted by atomic mass is 9.99. The summed E-state index contributed by atoms with van der Waals surface area (Å²) in [6.07, 6.45) is 0.564. The molecule has 3 nitrogen and oxygen atoms in total. The van der Waals surface area contributed by atoms with E-state index in [0.717, 1.165) is 10.8 Å². The molecule has 4 heteroatoms. The summed E-state index contributed by atoms with van der Waals surface area (Å²) < 4.78 is 26.2. The van der Waals surface area contributed by atoms with Crippen molar-refractivity contribution in [3.63, 3.8) is 0 Å². The van der Waals surface area contributed by atoms with Gasteiger partial charge in [-0.05, 0) is 11.6 Å². The molecule has 1 aromatic rings. The van der Waals surface area contributed by atoms with Crippen molar-refractivity contribution >= 4 is 14.9 Å². The van der Waals surface area contributed by atoms with Crippen LogP contribution in [0.1, 0.15) is 5.56 Å². The van der Waals surface area contributed by atoms with E-state index in [0.29, 0.717) is 16.7 Å². The van der Waals surface area contributed by atoms with Gasteiger partial charge in [-0.15, -0.1) is 0 Å². The van der Waals surface area contributed by atoms with Gasteiger partial charge in [-0.3, -0.25) is 0 Å². The van der Waals surface area contributed by atoms with Crippen LogP contribution >= 0.6 is 0 Å². The van der Waals surface area contributed by atoms with E-state index in [1.165, 1.54) is 0 Å². The van der Waals surface area contributed by atoms with Gasteiger partial charge < -0.3 is 0 Å². The van der Waals surface area contributed by atoms with Crippen LogP contribution in [0.25, 0.3) is 4.91 Å². The first-order valence-electron chi connectivity index (χ1n) is 3.64. The van der Waals surface area contributed by atoms with Crippen molar-refractivity contribution < 1.29 is 8.42 Å². The summed E-state index contributed by atoms with van der Waals surface area (Å²) in [5.41, 5.74) is 1.10. The Balaban J connectivity index is 2.73. The maximum atomic E-state index is 11.3. The molecule has 3 rings (SSSR count). The fourth-order valence-corrected chi connectivity index (χ4v) is 3.04. The zero-order valence-corrected chi connectivity index (χ0v) is 6.93. The Kier molecular flexibility index (Phi) is 0.855. The SMILES string of the molecule is O=S1(=O)N=c2cccc3c2=C1C3. The molecule has 1 heterocycles. The van der Waals surface area contributed by atoms with E-state index in [-0.39, 0.29) is 0 Å². The summed E-state index contributed by atoms with van der Waals surface area (Å²) in [7, 11) is -3.27. The number of sulfonamides is 1. The molecule has 2 aliphatic rings. The van der Waals surface area contributed by atoms with Crippen LogP contribution in [-0.2, 0) is 16.4 Å². The fourth-order valence-electron chi connectivity index (χ4n) is 1.69. The molecular weight excluding hydrogens is 174 g/mol. The Morgan fingerprint density at radius 2 is 2.17 bits per heavy atom. The molecule has 0 aromatic heterocycles. The summed E-state index contributed by atoms with van der Waals surface area (Å²) in [6.45, 7) is 0. The Hall–Kier alpha value is -1.16. The van der Waals surface area contributed by atoms with E-state index < -0.39 is 10.0 Å². The monoisotopic (exact) mass is 179 g/mol. The Morgan fingerprint density at radius 1 is 1.33 bits per heavy atom. The third-order valence-corrected chi connectivity index (χ3v) is 3.70. The quantitative estimate of drug-likeness (QED) is 0.529. The highest BCUT2D eigenvalue weighted by Gasteiger charge is 2.31. The van der Waals surface area contributed by atoms with Crippen LogP contribution in [0.3, 0.4) is 0 Å². The van der Waals surface area contributed by atoms with Crippen molar-refractivity contribution in [2.24, 2.45) is 4.40 Å². The minimum absolute atomic E-state index is 0.508. The Labute approximate surface area is 69.1 Å². The zero-order chi connectivity index (χ0) is 8.34. The van der Waals surface area contributed by atoms with Crippen LogP contribution in [0.5, 0.6) is 0 Å². The lowest BCUT2D eigenvalue weighted by Crippen LogP contribution is -2.34. The molecule has 0 fully saturated rings. The van der Waals surface area contributed by atoms with Crippen LogP contribution in [0, 0.1) is 0 Å². The van der Waals surface area contributed by atoms with Crippen molar-refractivity contribution in [1.82, 2.24) is 0 Å². The second kappa shape index (κ2) is 1.61. The van der Waals surface area contributed by atoms with Gasteiger partial charge in [0.15, 0.2) is 0 Å². The van der Waals surface area contributed by atoms with Crippen LogP contribution in [0.4, 0.5) is 0 Å². The van der Waals surface area contributed by atoms with Crippen LogP contribution in [0.2, 0.25) is 0 Å². The second-order valence-corrected chi connectivity index (χ2v) is 4.60. The van der Waals surface area contributed by atoms with Crippen LogP contribution in [0.15, 0.2) is 22.6 Å². The smallest absolute Gasteiger partial charge is 0.200 e. The van der Waals surface area contributed by atoms with Crippen LogP contribution in [-0.4, -0.2) is 8.42 Å². The van der Waals surface area contributed by atoms with E-state index >= 15 is 0 Å². The normalized spacial score (nSPS) is 21.2. The molecule has 60 valence electrons. The van der Waals surface area contributed by atoms with Gasteiger partial charge in [-0.1, -0.05) is 12.1 Å². The first kappa shape index (κ1) is 6.37. The van der Waals surface area contributed by atoms with E-state index in [9.17, 15) is 8.42 Å². The molecule has 0 atom stereocenters. The van der Waals surface area contributed by atoms with Gasteiger partial charge in [0.2, 0.25) is 0 Å². The van der Waals surface area contributed by atoms with Crippen molar-refractivity contribution in [3.05, 3.63) is 34.3 Å². The Morgan fingerprint density at radius 3 is 2.92 bits per heavy atom. The second-order valence-electron chi connectivity index (χ2n) is 2.98. The van der Waals surface area contributed by atoms with Gasteiger partial charge in [0.1, 0.15) is 0 Å². The first-order chi connectivity index (χ1) is 5.68. The van der Waals surface area contributed by atoms with Gasteiger partial charge >= 0.3 is 0 Å². The van der Waals surface area contributed by atoms with Gasteiger partial charge in [-0.2, -0.15) is 12.8 Å². The summed E-state index contributed by atoms with van der Waals surface area (Å²) in [4.78, 5) is 0.508. The van der Waals surface area contributed by atoms with Crippen molar-refractivity contribution in [2.75, 3.05) is 0 Å². The molecule has 0 unspecified atom stereocenters. The van der Waals surface area contributed by atoms with Crippen molar-refractivity contribution in [3.8, 4) is 0 Å². The maximum absolute atomic E-state index is 11.3. The molecule has 12 heavy (non-hydrogen) atoms. The standard InChI is InChI=1S/C8H5NO2S/c10-12(11)7-4-5-2-1-3-6(9-12)8(5)7/h1-3H,4H2. The number of rotatable bonds is 0. The van der Waals surface area contributed by atoms with Crippen LogP contribution < -0.4 is 10.6 Å². The number of benzene rings is 1. The van der Waals surface area contributed by atoms with Gasteiger partial charge in [-0.25, -0.2) is 0 Å². The number of nitrogens with zero attached hydrogens (tertiary/aromatic N) is 1. The van der Waals surface area contributed by atoms with Gasteiger partial charge in [0.05, 0.1) is 10.3 Å². The molecule has 1 aliphatic carbocycles. The van der Waals surface area contributed by atoms with Crippen molar-refractivity contribution in [2.45, 2.75) is 6.42 Å². The van der Waals surface area contributed by atoms with E-state index in [1.54, 1.807) is 6.07 Å². The zero-order valence-electron chi connectivity index (χ0n) is 6.11. The number of hydrogen-bond donors (Lipinski definition) is 0. The minimum Gasteiger partial charge on any atom is -0.200 e. The molecular formula is C8H5NO2S. The largest absolute Gasteiger partial charge is 0.280 e. The minimum atomic E-state index is -3.27. The summed E-state index contributed by atoms with van der Waals surface area (Å²) in [5.74, 6) is 0.